The standard InChI is InChI=1S/C15H21ClFN3O2/c16-13-9-11(1-2-14(13)17)19-15(21)4-6-20-7-8-22-12(10-20)3-5-18/h1-2,9,12H,3-8,10,18H2,(H,19,21)/t12-/m0/s1. The first kappa shape index (κ1) is 17.1. The highest BCUT2D eigenvalue weighted by Gasteiger charge is 2.20. The molecule has 5 nitrogen and oxygen atoms in total. The van der Waals surface area contributed by atoms with Gasteiger partial charge in [-0.2, -0.15) is 0 Å². The third-order valence-electron chi connectivity index (χ3n) is 3.57. The largest absolute Gasteiger partial charge is 0.376 e. The number of nitrogens with two attached hydrogens (primary N) is 1. The van der Waals surface area contributed by atoms with Crippen LogP contribution in [0.15, 0.2) is 18.2 Å². The molecule has 0 saturated carbocycles. The van der Waals surface area contributed by atoms with Gasteiger partial charge in [0.05, 0.1) is 17.7 Å². The molecule has 7 heteroatoms. The van der Waals surface area contributed by atoms with Crippen LogP contribution in [-0.4, -0.2) is 49.7 Å². The minimum Gasteiger partial charge on any atom is -0.376 e. The molecule has 3 N–H and O–H groups in total. The number of ether oxygens (including phenoxy) is 1. The summed E-state index contributed by atoms with van der Waals surface area (Å²) >= 11 is 5.68. The van der Waals surface area contributed by atoms with Gasteiger partial charge in [-0.1, -0.05) is 11.6 Å². The molecule has 0 bridgehead atoms. The highest BCUT2D eigenvalue weighted by Crippen LogP contribution is 2.19. The van der Waals surface area contributed by atoms with Crippen molar-refractivity contribution < 1.29 is 13.9 Å². The first-order valence-electron chi connectivity index (χ1n) is 7.37. The summed E-state index contributed by atoms with van der Waals surface area (Å²) in [6.07, 6.45) is 1.35. The molecular weight excluding hydrogens is 309 g/mol. The molecule has 1 aliphatic rings. The maximum Gasteiger partial charge on any atom is 0.225 e. The van der Waals surface area contributed by atoms with Crippen molar-refractivity contribution in [3.05, 3.63) is 29.0 Å². The molecule has 1 aliphatic heterocycles. The first-order chi connectivity index (χ1) is 10.6. The van der Waals surface area contributed by atoms with E-state index in [1.807, 2.05) is 0 Å². The van der Waals surface area contributed by atoms with Crippen molar-refractivity contribution in [1.29, 1.82) is 0 Å². The lowest BCUT2D eigenvalue weighted by atomic mass is 10.2. The third-order valence-corrected chi connectivity index (χ3v) is 3.86. The second kappa shape index (κ2) is 8.43. The molecule has 1 amide bonds. The number of nitrogens with one attached hydrogen (secondary N) is 1. The van der Waals surface area contributed by atoms with Crippen molar-refractivity contribution >= 4 is 23.2 Å². The van der Waals surface area contributed by atoms with Crippen LogP contribution in [0.5, 0.6) is 0 Å². The van der Waals surface area contributed by atoms with Gasteiger partial charge in [0, 0.05) is 31.7 Å². The number of rotatable bonds is 6. The predicted molar refractivity (Wildman–Crippen MR) is 84.5 cm³/mol. The number of benzene rings is 1. The number of amides is 1. The molecule has 1 heterocycles. The number of carbonyl (C=O) groups excluding carboxylic acids is 1. The Kier molecular flexibility index (Phi) is 6.57. The molecule has 0 aromatic heterocycles. The van der Waals surface area contributed by atoms with Crippen LogP contribution in [0.2, 0.25) is 5.02 Å². The van der Waals surface area contributed by atoms with E-state index in [-0.39, 0.29) is 17.0 Å². The summed E-state index contributed by atoms with van der Waals surface area (Å²) in [7, 11) is 0. The Bertz CT molecular complexity index is 514. The smallest absolute Gasteiger partial charge is 0.225 e. The Morgan fingerprint density at radius 3 is 3.09 bits per heavy atom. The van der Waals surface area contributed by atoms with E-state index in [0.29, 0.717) is 31.8 Å². The molecule has 0 unspecified atom stereocenters. The van der Waals surface area contributed by atoms with Gasteiger partial charge in [-0.25, -0.2) is 4.39 Å². The quantitative estimate of drug-likeness (QED) is 0.836. The van der Waals surface area contributed by atoms with Gasteiger partial charge in [0.2, 0.25) is 5.91 Å². The Morgan fingerprint density at radius 2 is 2.36 bits per heavy atom. The normalized spacial score (nSPS) is 19.1. The fraction of sp³-hybridized carbons (Fsp3) is 0.533. The van der Waals surface area contributed by atoms with Crippen LogP contribution in [0.3, 0.4) is 0 Å². The molecule has 1 atom stereocenters. The number of nitrogens with zero attached hydrogens (tertiary/aromatic N) is 1. The zero-order valence-corrected chi connectivity index (χ0v) is 13.1. The van der Waals surface area contributed by atoms with Gasteiger partial charge >= 0.3 is 0 Å². The van der Waals surface area contributed by atoms with Crippen LogP contribution in [0.25, 0.3) is 0 Å². The monoisotopic (exact) mass is 329 g/mol. The van der Waals surface area contributed by atoms with Gasteiger partial charge < -0.3 is 15.8 Å². The van der Waals surface area contributed by atoms with Gasteiger partial charge in [-0.15, -0.1) is 0 Å². The highest BCUT2D eigenvalue weighted by atomic mass is 35.5. The summed E-state index contributed by atoms with van der Waals surface area (Å²) < 4.78 is 18.7. The Morgan fingerprint density at radius 1 is 1.55 bits per heavy atom. The van der Waals surface area contributed by atoms with Crippen LogP contribution in [-0.2, 0) is 9.53 Å². The second-order valence-electron chi connectivity index (χ2n) is 5.30. The first-order valence-corrected chi connectivity index (χ1v) is 7.75. The molecule has 1 saturated heterocycles. The summed E-state index contributed by atoms with van der Waals surface area (Å²) in [6.45, 7) is 3.54. The molecule has 22 heavy (non-hydrogen) atoms. The van der Waals surface area contributed by atoms with Crippen LogP contribution >= 0.6 is 11.6 Å². The number of carbonyl (C=O) groups is 1. The molecule has 0 radical (unpaired) electrons. The summed E-state index contributed by atoms with van der Waals surface area (Å²) in [5.41, 5.74) is 6.04. The third kappa shape index (κ3) is 5.21. The van der Waals surface area contributed by atoms with Crippen molar-refractivity contribution in [1.82, 2.24) is 4.90 Å². The zero-order valence-electron chi connectivity index (χ0n) is 12.4. The van der Waals surface area contributed by atoms with E-state index < -0.39 is 5.82 Å². The van der Waals surface area contributed by atoms with Gasteiger partial charge in [0.1, 0.15) is 5.82 Å². The van der Waals surface area contributed by atoms with E-state index in [9.17, 15) is 9.18 Å². The Balaban J connectivity index is 1.76. The lowest BCUT2D eigenvalue weighted by Gasteiger charge is -2.32. The van der Waals surface area contributed by atoms with E-state index in [1.54, 1.807) is 0 Å². The van der Waals surface area contributed by atoms with Crippen molar-refractivity contribution in [2.45, 2.75) is 18.9 Å². The van der Waals surface area contributed by atoms with Gasteiger partial charge in [0.25, 0.3) is 0 Å². The molecule has 122 valence electrons. The maximum atomic E-state index is 13.1. The van der Waals surface area contributed by atoms with Crippen molar-refractivity contribution in [3.63, 3.8) is 0 Å². The van der Waals surface area contributed by atoms with Gasteiger partial charge in [-0.3, -0.25) is 9.69 Å². The lowest BCUT2D eigenvalue weighted by Crippen LogP contribution is -2.44. The van der Waals surface area contributed by atoms with Crippen molar-refractivity contribution in [3.8, 4) is 0 Å². The molecular formula is C15H21ClFN3O2. The SMILES string of the molecule is NCC[C@H]1CN(CCC(=O)Nc2ccc(F)c(Cl)c2)CCO1. The van der Waals surface area contributed by atoms with E-state index >= 15 is 0 Å². The molecule has 0 aliphatic carbocycles. The lowest BCUT2D eigenvalue weighted by molar-refractivity contribution is -0.117. The van der Waals surface area contributed by atoms with E-state index in [4.69, 9.17) is 22.1 Å². The van der Waals surface area contributed by atoms with Crippen molar-refractivity contribution in [2.75, 3.05) is 38.1 Å². The summed E-state index contributed by atoms with van der Waals surface area (Å²) in [6, 6.07) is 4.13. The zero-order chi connectivity index (χ0) is 15.9. The van der Waals surface area contributed by atoms with E-state index in [2.05, 4.69) is 10.2 Å². The number of hydrogen-bond donors (Lipinski definition) is 2. The molecule has 1 aromatic rings. The maximum absolute atomic E-state index is 13.1. The summed E-state index contributed by atoms with van der Waals surface area (Å²) in [5, 5.41) is 2.71. The Labute approximate surface area is 134 Å². The molecule has 2 rings (SSSR count). The van der Waals surface area contributed by atoms with Crippen LogP contribution < -0.4 is 11.1 Å². The number of anilines is 1. The number of hydrogen-bond acceptors (Lipinski definition) is 4. The summed E-state index contributed by atoms with van der Waals surface area (Å²) in [5.74, 6) is -0.622. The van der Waals surface area contributed by atoms with Gasteiger partial charge in [0.15, 0.2) is 0 Å². The van der Waals surface area contributed by atoms with E-state index in [0.717, 1.165) is 19.5 Å². The highest BCUT2D eigenvalue weighted by molar-refractivity contribution is 6.31. The summed E-state index contributed by atoms with van der Waals surface area (Å²) in [4.78, 5) is 14.1. The van der Waals surface area contributed by atoms with Crippen molar-refractivity contribution in [2.24, 2.45) is 5.73 Å². The van der Waals surface area contributed by atoms with Crippen LogP contribution in [0, 0.1) is 5.82 Å². The Hall–Kier alpha value is -1.21. The van der Waals surface area contributed by atoms with E-state index in [1.165, 1.54) is 18.2 Å². The topological polar surface area (TPSA) is 67.6 Å². The minimum absolute atomic E-state index is 0.00407. The van der Waals surface area contributed by atoms with Gasteiger partial charge in [-0.05, 0) is 31.2 Å². The second-order valence-corrected chi connectivity index (χ2v) is 5.71. The minimum atomic E-state index is -0.501. The fourth-order valence-electron chi connectivity index (χ4n) is 2.40. The fourth-order valence-corrected chi connectivity index (χ4v) is 2.58. The average Bonchev–Trinajstić information content (AvgIpc) is 2.50. The predicted octanol–water partition coefficient (Wildman–Crippen LogP) is 1.86. The average molecular weight is 330 g/mol. The number of morpholine rings is 1. The molecule has 1 fully saturated rings. The van der Waals surface area contributed by atoms with Crippen LogP contribution in [0.1, 0.15) is 12.8 Å². The number of halogens is 2. The molecule has 1 aromatic carbocycles. The molecule has 0 spiro atoms. The van der Waals surface area contributed by atoms with Crippen LogP contribution in [0.4, 0.5) is 10.1 Å².